The molecule has 1 aliphatic heterocycles. The van der Waals surface area contributed by atoms with Gasteiger partial charge in [0.1, 0.15) is 24.6 Å². The van der Waals surface area contributed by atoms with E-state index in [1.54, 1.807) is 19.2 Å². The maximum absolute atomic E-state index is 12.0. The molecule has 13 nitrogen and oxygen atoms in total. The quantitative estimate of drug-likeness (QED) is 0.172. The third kappa shape index (κ3) is 10.2. The number of nitrogens with zero attached hydrogens (tertiary/aromatic N) is 4. The number of amides is 1. The normalized spacial score (nSPS) is 15.8. The number of ether oxygens (including phenoxy) is 4. The highest BCUT2D eigenvalue weighted by Gasteiger charge is 2.39. The molecule has 2 aromatic rings. The van der Waals surface area contributed by atoms with Crippen molar-refractivity contribution >= 4 is 5.91 Å². The third-order valence-electron chi connectivity index (χ3n) is 8.92. The molecule has 0 aliphatic carbocycles. The van der Waals surface area contributed by atoms with Crippen molar-refractivity contribution in [2.75, 3.05) is 67.8 Å². The van der Waals surface area contributed by atoms with Gasteiger partial charge in [-0.05, 0) is 68.1 Å². The molecule has 0 radical (unpaired) electrons. The summed E-state index contributed by atoms with van der Waals surface area (Å²) >= 11 is 0. The second kappa shape index (κ2) is 17.7. The summed E-state index contributed by atoms with van der Waals surface area (Å²) in [7, 11) is 6.70. The standard InChI is InChI=1S/C34H49N5O8/c1-26(2)34(24-35,28-12-13-30(44-5)31(22-28)45-6)15-9-18-37(3)19-14-27-10-7-8-11-29(27)47-33(25-46-39(41)42)16-20-38(21-17-33)36-32(40)23-43-4/h7-8,10-13,22,26H,9,14-21,23,25H2,1-6H3,(H,36,40). The Bertz CT molecular complexity index is 1360. The van der Waals surface area contributed by atoms with Crippen LogP contribution in [-0.2, 0) is 26.2 Å². The second-order valence-corrected chi connectivity index (χ2v) is 12.3. The zero-order valence-corrected chi connectivity index (χ0v) is 28.5. The number of hydrazine groups is 1. The molecule has 1 unspecified atom stereocenters. The van der Waals surface area contributed by atoms with Gasteiger partial charge in [-0.1, -0.05) is 38.1 Å². The fraction of sp³-hybridized carbons (Fsp3) is 0.588. The number of piperidine rings is 1. The van der Waals surface area contributed by atoms with Gasteiger partial charge in [0.05, 0.1) is 25.7 Å². The lowest BCUT2D eigenvalue weighted by atomic mass is 9.69. The van der Waals surface area contributed by atoms with Crippen LogP contribution in [0.3, 0.4) is 0 Å². The van der Waals surface area contributed by atoms with Gasteiger partial charge >= 0.3 is 0 Å². The molecule has 1 saturated heterocycles. The van der Waals surface area contributed by atoms with E-state index >= 15 is 0 Å². The van der Waals surface area contributed by atoms with Gasteiger partial charge in [0, 0.05) is 39.6 Å². The summed E-state index contributed by atoms with van der Waals surface area (Å²) in [6.45, 7) is 6.28. The highest BCUT2D eigenvalue weighted by Crippen LogP contribution is 2.40. The van der Waals surface area contributed by atoms with Gasteiger partial charge in [-0.2, -0.15) is 5.26 Å². The molecule has 1 heterocycles. The first-order valence-electron chi connectivity index (χ1n) is 15.9. The molecule has 1 atom stereocenters. The van der Waals surface area contributed by atoms with Crippen molar-refractivity contribution in [2.24, 2.45) is 5.92 Å². The van der Waals surface area contributed by atoms with E-state index in [0.717, 1.165) is 30.6 Å². The Morgan fingerprint density at radius 3 is 2.43 bits per heavy atom. The van der Waals surface area contributed by atoms with Crippen LogP contribution in [0.2, 0.25) is 0 Å². The van der Waals surface area contributed by atoms with Crippen LogP contribution in [0.25, 0.3) is 0 Å². The number of nitriles is 1. The Labute approximate surface area is 277 Å². The van der Waals surface area contributed by atoms with Gasteiger partial charge in [0.25, 0.3) is 11.0 Å². The van der Waals surface area contributed by atoms with Crippen LogP contribution in [0.4, 0.5) is 0 Å². The molecule has 0 bridgehead atoms. The first-order chi connectivity index (χ1) is 22.5. The average Bonchev–Trinajstić information content (AvgIpc) is 3.06. The van der Waals surface area contributed by atoms with Crippen molar-refractivity contribution in [2.45, 2.75) is 57.0 Å². The van der Waals surface area contributed by atoms with E-state index in [-0.39, 0.29) is 25.0 Å². The van der Waals surface area contributed by atoms with Crippen molar-refractivity contribution in [3.8, 4) is 23.3 Å². The predicted octanol–water partition coefficient (Wildman–Crippen LogP) is 4.18. The van der Waals surface area contributed by atoms with Crippen molar-refractivity contribution in [1.29, 1.82) is 5.26 Å². The van der Waals surface area contributed by atoms with E-state index in [0.29, 0.717) is 56.0 Å². The molecule has 1 aliphatic rings. The molecule has 0 aromatic heterocycles. The number of carbonyl (C=O) groups excluding carboxylic acids is 1. The van der Waals surface area contributed by atoms with Crippen LogP contribution in [0, 0.1) is 27.4 Å². The summed E-state index contributed by atoms with van der Waals surface area (Å²) in [5.41, 5.74) is 3.08. The Hall–Kier alpha value is -4.12. The van der Waals surface area contributed by atoms with E-state index in [9.17, 15) is 20.2 Å². The lowest BCUT2D eigenvalue weighted by molar-refractivity contribution is -0.760. The lowest BCUT2D eigenvalue weighted by Gasteiger charge is -2.41. The fourth-order valence-corrected chi connectivity index (χ4v) is 6.04. The van der Waals surface area contributed by atoms with Gasteiger partial charge in [-0.3, -0.25) is 10.2 Å². The van der Waals surface area contributed by atoms with E-state index in [1.165, 1.54) is 7.11 Å². The molecule has 13 heteroatoms. The first kappa shape index (κ1) is 37.3. The largest absolute Gasteiger partial charge is 0.493 e. The number of hydrogen-bond acceptors (Lipinski definition) is 11. The molecule has 47 heavy (non-hydrogen) atoms. The Kier molecular flexibility index (Phi) is 14.1. The maximum Gasteiger partial charge on any atom is 0.294 e. The summed E-state index contributed by atoms with van der Waals surface area (Å²) in [6, 6.07) is 16.0. The van der Waals surface area contributed by atoms with Crippen LogP contribution in [-0.4, -0.2) is 94.3 Å². The number of benzene rings is 2. The number of carbonyl (C=O) groups is 1. The first-order valence-corrected chi connectivity index (χ1v) is 15.9. The van der Waals surface area contributed by atoms with Gasteiger partial charge in [0.2, 0.25) is 0 Å². The molecular formula is C34H49N5O8. The van der Waals surface area contributed by atoms with Crippen molar-refractivity contribution in [1.82, 2.24) is 15.3 Å². The number of para-hydroxylation sites is 1. The molecule has 1 fully saturated rings. The summed E-state index contributed by atoms with van der Waals surface area (Å²) in [6.07, 6.45) is 3.02. The van der Waals surface area contributed by atoms with E-state index < -0.39 is 16.1 Å². The maximum atomic E-state index is 12.0. The van der Waals surface area contributed by atoms with Crippen molar-refractivity contribution in [3.63, 3.8) is 0 Å². The molecule has 3 rings (SSSR count). The summed E-state index contributed by atoms with van der Waals surface area (Å²) < 4.78 is 22.3. The van der Waals surface area contributed by atoms with E-state index in [2.05, 4.69) is 37.3 Å². The molecule has 1 amide bonds. The SMILES string of the molecule is COCC(=O)NN1CCC(CO[N+](=O)[O-])(Oc2ccccc2CCN(C)CCCC(C#N)(c2ccc(OC)c(OC)c2)C(C)C)CC1. The van der Waals surface area contributed by atoms with E-state index in [4.69, 9.17) is 23.8 Å². The molecular weight excluding hydrogens is 606 g/mol. The lowest BCUT2D eigenvalue weighted by Crippen LogP contribution is -2.56. The number of hydrogen-bond donors (Lipinski definition) is 1. The summed E-state index contributed by atoms with van der Waals surface area (Å²) in [5, 5.41) is 22.5. The van der Waals surface area contributed by atoms with Crippen LogP contribution < -0.4 is 19.6 Å². The Morgan fingerprint density at radius 1 is 1.11 bits per heavy atom. The average molecular weight is 656 g/mol. The van der Waals surface area contributed by atoms with Crippen molar-refractivity contribution < 1.29 is 33.7 Å². The number of methoxy groups -OCH3 is 3. The Balaban J connectivity index is 1.64. The topological polar surface area (TPSA) is 149 Å². The number of nitrogens with one attached hydrogen (secondary N) is 1. The minimum Gasteiger partial charge on any atom is -0.493 e. The highest BCUT2D eigenvalue weighted by atomic mass is 17.0. The van der Waals surface area contributed by atoms with Gasteiger partial charge < -0.3 is 28.7 Å². The summed E-state index contributed by atoms with van der Waals surface area (Å²) in [5.74, 6) is 1.71. The molecule has 1 N–H and O–H groups in total. The number of likely N-dealkylation sites (N-methyl/N-ethyl adjacent to an activating group) is 1. The van der Waals surface area contributed by atoms with Crippen LogP contribution in [0.1, 0.15) is 50.7 Å². The molecule has 0 saturated carbocycles. The second-order valence-electron chi connectivity index (χ2n) is 12.3. The van der Waals surface area contributed by atoms with Crippen LogP contribution in [0.5, 0.6) is 17.2 Å². The molecule has 0 spiro atoms. The zero-order valence-electron chi connectivity index (χ0n) is 28.5. The monoisotopic (exact) mass is 655 g/mol. The van der Waals surface area contributed by atoms with Crippen LogP contribution >= 0.6 is 0 Å². The minimum absolute atomic E-state index is 0.0563. The van der Waals surface area contributed by atoms with Gasteiger partial charge in [0.15, 0.2) is 11.5 Å². The van der Waals surface area contributed by atoms with Gasteiger partial charge in [-0.25, -0.2) is 5.01 Å². The summed E-state index contributed by atoms with van der Waals surface area (Å²) in [4.78, 5) is 30.2. The predicted molar refractivity (Wildman–Crippen MR) is 176 cm³/mol. The van der Waals surface area contributed by atoms with Gasteiger partial charge in [-0.15, -0.1) is 10.1 Å². The zero-order chi connectivity index (χ0) is 34.5. The molecule has 2 aromatic carbocycles. The van der Waals surface area contributed by atoms with Crippen molar-refractivity contribution in [3.05, 3.63) is 63.7 Å². The minimum atomic E-state index is -0.931. The fourth-order valence-electron chi connectivity index (χ4n) is 6.04. The number of rotatable bonds is 19. The highest BCUT2D eigenvalue weighted by molar-refractivity contribution is 5.76. The Morgan fingerprint density at radius 2 is 1.81 bits per heavy atom. The van der Waals surface area contributed by atoms with E-state index in [1.807, 2.05) is 42.5 Å². The van der Waals surface area contributed by atoms with Crippen LogP contribution in [0.15, 0.2) is 42.5 Å². The smallest absolute Gasteiger partial charge is 0.294 e. The molecule has 258 valence electrons. The third-order valence-corrected chi connectivity index (χ3v) is 8.92.